The molecule has 0 aliphatic rings. The van der Waals surface area contributed by atoms with Crippen molar-refractivity contribution in [2.75, 3.05) is 6.54 Å². The number of benzene rings is 2. The molecule has 0 spiro atoms. The maximum atomic E-state index is 13.0. The van der Waals surface area contributed by atoms with Crippen LogP contribution in [0.15, 0.2) is 53.9 Å². The fourth-order valence-corrected chi connectivity index (χ4v) is 3.77. The number of carbonyl (C=O) groups is 1. The molecule has 1 amide bonds. The van der Waals surface area contributed by atoms with Crippen LogP contribution < -0.4 is 5.32 Å². The summed E-state index contributed by atoms with van der Waals surface area (Å²) in [6, 6.07) is 14.1. The number of hydrogen-bond acceptors (Lipinski definition) is 4. The van der Waals surface area contributed by atoms with Crippen LogP contribution in [0.2, 0.25) is 0 Å². The molecule has 0 aliphatic carbocycles. The number of aromatic nitrogens is 3. The number of imidazole rings is 1. The predicted octanol–water partition coefficient (Wildman–Crippen LogP) is 4.12. The lowest BCUT2D eigenvalue weighted by atomic mass is 10.2. The number of nitrogens with one attached hydrogen (secondary N) is 2. The highest BCUT2D eigenvalue weighted by Gasteiger charge is 2.09. The van der Waals surface area contributed by atoms with Gasteiger partial charge in [-0.25, -0.2) is 14.4 Å². The number of aryl methyl sites for hydroxylation is 1. The van der Waals surface area contributed by atoms with Crippen molar-refractivity contribution in [3.05, 3.63) is 71.2 Å². The van der Waals surface area contributed by atoms with Gasteiger partial charge in [-0.3, -0.25) is 4.79 Å². The van der Waals surface area contributed by atoms with Crippen molar-refractivity contribution in [2.45, 2.75) is 19.3 Å². The third-order valence-corrected chi connectivity index (χ3v) is 5.28. The summed E-state index contributed by atoms with van der Waals surface area (Å²) < 4.78 is 13.0. The van der Waals surface area contributed by atoms with Crippen LogP contribution in [0.1, 0.15) is 17.9 Å². The zero-order chi connectivity index (χ0) is 19.3. The zero-order valence-corrected chi connectivity index (χ0v) is 15.9. The zero-order valence-electron chi connectivity index (χ0n) is 15.1. The summed E-state index contributed by atoms with van der Waals surface area (Å²) in [6.07, 6.45) is 1.83. The van der Waals surface area contributed by atoms with Crippen molar-refractivity contribution >= 4 is 28.3 Å². The molecule has 2 aromatic heterocycles. The maximum absolute atomic E-state index is 13.0. The van der Waals surface area contributed by atoms with Gasteiger partial charge in [0.2, 0.25) is 5.91 Å². The van der Waals surface area contributed by atoms with Crippen LogP contribution in [0.4, 0.5) is 4.39 Å². The second-order valence-electron chi connectivity index (χ2n) is 6.48. The van der Waals surface area contributed by atoms with Crippen LogP contribution in [-0.4, -0.2) is 27.4 Å². The van der Waals surface area contributed by atoms with Gasteiger partial charge in [0.05, 0.1) is 23.1 Å². The standard InChI is InChI=1S/C21H19FN4OS/c22-15-9-7-14(8-10-15)21-24-16(13-28-21)12-20(27)23-11-3-6-19-25-17-4-1-2-5-18(17)26-19/h1-2,4-5,7-10,13H,3,6,11-12H2,(H,23,27)(H,25,26). The van der Waals surface area contributed by atoms with Gasteiger partial charge in [-0.1, -0.05) is 12.1 Å². The predicted molar refractivity (Wildman–Crippen MR) is 109 cm³/mol. The van der Waals surface area contributed by atoms with Gasteiger partial charge >= 0.3 is 0 Å². The Kier molecular flexibility index (Phi) is 5.43. The summed E-state index contributed by atoms with van der Waals surface area (Å²) in [5.74, 6) is 0.599. The average Bonchev–Trinajstić information content (AvgIpc) is 3.32. The lowest BCUT2D eigenvalue weighted by molar-refractivity contribution is -0.120. The molecule has 0 fully saturated rings. The molecule has 5 nitrogen and oxygen atoms in total. The summed E-state index contributed by atoms with van der Waals surface area (Å²) in [7, 11) is 0. The molecule has 0 aliphatic heterocycles. The second-order valence-corrected chi connectivity index (χ2v) is 7.34. The average molecular weight is 394 g/mol. The first kappa shape index (κ1) is 18.3. The smallest absolute Gasteiger partial charge is 0.226 e. The van der Waals surface area contributed by atoms with Gasteiger partial charge < -0.3 is 10.3 Å². The molecule has 2 N–H and O–H groups in total. The van der Waals surface area contributed by atoms with Gasteiger partial charge in [-0.05, 0) is 42.8 Å². The SMILES string of the molecule is O=C(Cc1csc(-c2ccc(F)cc2)n1)NCCCc1nc2ccccc2[nH]1. The number of thiazole rings is 1. The quantitative estimate of drug-likeness (QED) is 0.463. The Bertz CT molecular complexity index is 1050. The summed E-state index contributed by atoms with van der Waals surface area (Å²) in [5, 5.41) is 5.58. The topological polar surface area (TPSA) is 70.7 Å². The van der Waals surface area contributed by atoms with E-state index in [1.54, 1.807) is 12.1 Å². The highest BCUT2D eigenvalue weighted by atomic mass is 32.1. The van der Waals surface area contributed by atoms with Gasteiger partial charge in [0.1, 0.15) is 16.6 Å². The lowest BCUT2D eigenvalue weighted by Gasteiger charge is -2.03. The summed E-state index contributed by atoms with van der Waals surface area (Å²) in [6.45, 7) is 0.588. The van der Waals surface area contributed by atoms with Crippen LogP contribution >= 0.6 is 11.3 Å². The van der Waals surface area contributed by atoms with E-state index in [9.17, 15) is 9.18 Å². The molecule has 2 heterocycles. The van der Waals surface area contributed by atoms with E-state index >= 15 is 0 Å². The van der Waals surface area contributed by atoms with Gasteiger partial charge in [0.25, 0.3) is 0 Å². The van der Waals surface area contributed by atoms with Gasteiger partial charge in [0.15, 0.2) is 0 Å². The molecular formula is C21H19FN4OS. The number of carbonyl (C=O) groups excluding carboxylic acids is 1. The van der Waals surface area contributed by atoms with E-state index in [0.717, 1.165) is 46.0 Å². The molecule has 4 aromatic rings. The fraction of sp³-hybridized carbons (Fsp3) is 0.190. The van der Waals surface area contributed by atoms with E-state index in [-0.39, 0.29) is 18.1 Å². The number of aromatic amines is 1. The third-order valence-electron chi connectivity index (χ3n) is 4.34. The van der Waals surface area contributed by atoms with Crippen molar-refractivity contribution in [2.24, 2.45) is 0 Å². The Hall–Kier alpha value is -3.06. The maximum Gasteiger partial charge on any atom is 0.226 e. The van der Waals surface area contributed by atoms with Crippen molar-refractivity contribution in [1.82, 2.24) is 20.3 Å². The van der Waals surface area contributed by atoms with E-state index in [4.69, 9.17) is 0 Å². The Labute approximate surface area is 165 Å². The minimum absolute atomic E-state index is 0.0550. The number of H-pyrrole nitrogens is 1. The number of amides is 1. The number of fused-ring (bicyclic) bond motifs is 1. The molecule has 142 valence electrons. The molecule has 0 radical (unpaired) electrons. The van der Waals surface area contributed by atoms with Crippen molar-refractivity contribution in [3.63, 3.8) is 0 Å². The van der Waals surface area contributed by atoms with E-state index in [1.807, 2.05) is 29.6 Å². The Morgan fingerprint density at radius 2 is 1.93 bits per heavy atom. The minimum Gasteiger partial charge on any atom is -0.356 e. The lowest BCUT2D eigenvalue weighted by Crippen LogP contribution is -2.26. The third kappa shape index (κ3) is 4.43. The van der Waals surface area contributed by atoms with Crippen LogP contribution in [-0.2, 0) is 17.6 Å². The summed E-state index contributed by atoms with van der Waals surface area (Å²) >= 11 is 1.45. The molecule has 0 saturated carbocycles. The van der Waals surface area contributed by atoms with Gasteiger partial charge in [-0.15, -0.1) is 11.3 Å². The van der Waals surface area contributed by atoms with Gasteiger partial charge in [-0.2, -0.15) is 0 Å². The largest absolute Gasteiger partial charge is 0.356 e. The Morgan fingerprint density at radius 1 is 1.11 bits per heavy atom. The normalized spacial score (nSPS) is 11.0. The first-order valence-corrected chi connectivity index (χ1v) is 9.96. The first-order chi connectivity index (χ1) is 13.7. The summed E-state index contributed by atoms with van der Waals surface area (Å²) in [4.78, 5) is 24.4. The van der Waals surface area contributed by atoms with Crippen LogP contribution in [0.5, 0.6) is 0 Å². The molecule has 2 aromatic carbocycles. The van der Waals surface area contributed by atoms with Gasteiger partial charge in [0, 0.05) is 23.9 Å². The monoisotopic (exact) mass is 394 g/mol. The molecule has 7 heteroatoms. The molecule has 0 atom stereocenters. The second kappa shape index (κ2) is 8.31. The molecule has 0 bridgehead atoms. The van der Waals surface area contributed by atoms with Crippen LogP contribution in [0.25, 0.3) is 21.6 Å². The molecule has 28 heavy (non-hydrogen) atoms. The molecule has 0 saturated heterocycles. The van der Waals surface area contributed by atoms with E-state index in [0.29, 0.717) is 6.54 Å². The van der Waals surface area contributed by atoms with Crippen molar-refractivity contribution in [3.8, 4) is 10.6 Å². The number of para-hydroxylation sites is 2. The van der Waals surface area contributed by atoms with E-state index in [2.05, 4.69) is 20.3 Å². The van der Waals surface area contributed by atoms with Crippen molar-refractivity contribution in [1.29, 1.82) is 0 Å². The van der Waals surface area contributed by atoms with E-state index in [1.165, 1.54) is 23.5 Å². The first-order valence-electron chi connectivity index (χ1n) is 9.08. The number of halogens is 1. The molecule has 0 unspecified atom stereocenters. The van der Waals surface area contributed by atoms with Crippen LogP contribution in [0, 0.1) is 5.82 Å². The fourth-order valence-electron chi connectivity index (χ4n) is 2.95. The summed E-state index contributed by atoms with van der Waals surface area (Å²) in [5.41, 5.74) is 3.56. The molecular weight excluding hydrogens is 375 g/mol. The number of hydrogen-bond donors (Lipinski definition) is 2. The van der Waals surface area contributed by atoms with E-state index < -0.39 is 0 Å². The van der Waals surface area contributed by atoms with Crippen LogP contribution in [0.3, 0.4) is 0 Å². The Morgan fingerprint density at radius 3 is 2.75 bits per heavy atom. The highest BCUT2D eigenvalue weighted by molar-refractivity contribution is 7.13. The number of rotatable bonds is 7. The molecule has 4 rings (SSSR count). The van der Waals surface area contributed by atoms with Crippen molar-refractivity contribution < 1.29 is 9.18 Å². The highest BCUT2D eigenvalue weighted by Crippen LogP contribution is 2.24. The minimum atomic E-state index is -0.275. The Balaban J connectivity index is 1.24. The number of nitrogens with zero attached hydrogens (tertiary/aromatic N) is 2.